The number of rotatable bonds is 5. The van der Waals surface area contributed by atoms with Crippen LogP contribution in [0.3, 0.4) is 0 Å². The van der Waals surface area contributed by atoms with Crippen molar-refractivity contribution in [1.82, 2.24) is 10.2 Å². The lowest BCUT2D eigenvalue weighted by Crippen LogP contribution is -2.42. The molecular formula is C25H31FN2O3. The minimum atomic E-state index is -0.503. The maximum Gasteiger partial charge on any atom is 0.410 e. The number of amides is 2. The van der Waals surface area contributed by atoms with Crippen molar-refractivity contribution >= 4 is 12.0 Å². The number of likely N-dealkylation sites (tertiary alicyclic amines) is 1. The number of carbonyl (C=O) groups excluding carboxylic acids is 2. The second-order valence-corrected chi connectivity index (χ2v) is 9.09. The average molecular weight is 427 g/mol. The van der Waals surface area contributed by atoms with E-state index in [1.54, 1.807) is 4.90 Å². The number of halogens is 1. The van der Waals surface area contributed by atoms with Gasteiger partial charge in [0, 0.05) is 18.7 Å². The molecule has 2 aromatic rings. The van der Waals surface area contributed by atoms with E-state index >= 15 is 0 Å². The topological polar surface area (TPSA) is 58.6 Å². The monoisotopic (exact) mass is 426 g/mol. The van der Waals surface area contributed by atoms with Crippen LogP contribution in [0.4, 0.5) is 9.18 Å². The van der Waals surface area contributed by atoms with Crippen LogP contribution in [0.2, 0.25) is 0 Å². The first kappa shape index (κ1) is 22.8. The molecule has 5 nitrogen and oxygen atoms in total. The molecule has 3 rings (SSSR count). The Hall–Kier alpha value is -2.89. The summed E-state index contributed by atoms with van der Waals surface area (Å²) in [6.45, 7) is 6.89. The fourth-order valence-corrected chi connectivity index (χ4v) is 3.82. The molecule has 1 unspecified atom stereocenters. The van der Waals surface area contributed by atoms with Gasteiger partial charge in [0.05, 0.1) is 6.04 Å². The van der Waals surface area contributed by atoms with E-state index in [4.69, 9.17) is 4.74 Å². The molecule has 1 aliphatic heterocycles. The van der Waals surface area contributed by atoms with Gasteiger partial charge in [-0.2, -0.15) is 0 Å². The van der Waals surface area contributed by atoms with Crippen molar-refractivity contribution in [3.63, 3.8) is 0 Å². The smallest absolute Gasteiger partial charge is 0.410 e. The summed E-state index contributed by atoms with van der Waals surface area (Å²) in [5.74, 6) is -0.217. The van der Waals surface area contributed by atoms with Crippen molar-refractivity contribution < 1.29 is 18.7 Å². The third-order valence-electron chi connectivity index (χ3n) is 5.45. The van der Waals surface area contributed by atoms with Gasteiger partial charge >= 0.3 is 6.09 Å². The van der Waals surface area contributed by atoms with Crippen LogP contribution in [0.15, 0.2) is 54.6 Å². The van der Waals surface area contributed by atoms with E-state index in [9.17, 15) is 14.0 Å². The van der Waals surface area contributed by atoms with Crippen molar-refractivity contribution in [3.8, 4) is 0 Å². The number of piperidine rings is 1. The molecule has 1 heterocycles. The Morgan fingerprint density at radius 3 is 2.26 bits per heavy atom. The molecule has 1 aliphatic rings. The molecule has 0 bridgehead atoms. The Bertz CT molecular complexity index is 870. The molecule has 1 fully saturated rings. The van der Waals surface area contributed by atoms with E-state index in [1.807, 2.05) is 51.1 Å². The Kier molecular flexibility index (Phi) is 7.31. The zero-order valence-corrected chi connectivity index (χ0v) is 18.4. The lowest BCUT2D eigenvalue weighted by Gasteiger charge is -2.35. The molecule has 1 saturated heterocycles. The first-order valence-corrected chi connectivity index (χ1v) is 10.8. The van der Waals surface area contributed by atoms with Gasteiger partial charge in [0.1, 0.15) is 11.4 Å². The maximum atomic E-state index is 13.2. The number of benzene rings is 2. The van der Waals surface area contributed by atoms with Gasteiger partial charge in [-0.25, -0.2) is 9.18 Å². The van der Waals surface area contributed by atoms with Crippen LogP contribution >= 0.6 is 0 Å². The van der Waals surface area contributed by atoms with E-state index < -0.39 is 5.60 Å². The van der Waals surface area contributed by atoms with Crippen LogP contribution in [-0.2, 0) is 4.74 Å². The van der Waals surface area contributed by atoms with Gasteiger partial charge in [-0.1, -0.05) is 30.3 Å². The van der Waals surface area contributed by atoms with Gasteiger partial charge in [0.2, 0.25) is 0 Å². The lowest BCUT2D eigenvalue weighted by atomic mass is 9.87. The Labute approximate surface area is 183 Å². The van der Waals surface area contributed by atoms with Gasteiger partial charge in [-0.3, -0.25) is 4.79 Å². The Morgan fingerprint density at radius 1 is 1.06 bits per heavy atom. The van der Waals surface area contributed by atoms with Crippen LogP contribution in [0.25, 0.3) is 0 Å². The second kappa shape index (κ2) is 9.94. The van der Waals surface area contributed by atoms with Gasteiger partial charge in [0.25, 0.3) is 5.91 Å². The summed E-state index contributed by atoms with van der Waals surface area (Å²) < 4.78 is 18.7. The van der Waals surface area contributed by atoms with E-state index in [2.05, 4.69) is 5.32 Å². The molecule has 0 radical (unpaired) electrons. The molecule has 6 heteroatoms. The highest BCUT2D eigenvalue weighted by molar-refractivity contribution is 5.94. The molecule has 1 N–H and O–H groups in total. The molecule has 166 valence electrons. The number of nitrogens with zero attached hydrogens (tertiary/aromatic N) is 1. The van der Waals surface area contributed by atoms with Gasteiger partial charge in [0.15, 0.2) is 0 Å². The van der Waals surface area contributed by atoms with Crippen molar-refractivity contribution in [1.29, 1.82) is 0 Å². The molecule has 0 aliphatic carbocycles. The molecule has 2 aromatic carbocycles. The van der Waals surface area contributed by atoms with Crippen molar-refractivity contribution in [2.24, 2.45) is 5.92 Å². The maximum absolute atomic E-state index is 13.2. The normalized spacial score (nSPS) is 15.9. The third-order valence-corrected chi connectivity index (χ3v) is 5.45. The highest BCUT2D eigenvalue weighted by Crippen LogP contribution is 2.29. The predicted octanol–water partition coefficient (Wildman–Crippen LogP) is 5.33. The Balaban J connectivity index is 1.63. The van der Waals surface area contributed by atoms with E-state index in [0.717, 1.165) is 24.8 Å². The quantitative estimate of drug-likeness (QED) is 0.703. The van der Waals surface area contributed by atoms with E-state index in [0.29, 0.717) is 24.6 Å². The summed E-state index contributed by atoms with van der Waals surface area (Å²) >= 11 is 0. The first-order valence-electron chi connectivity index (χ1n) is 10.8. The van der Waals surface area contributed by atoms with Crippen LogP contribution < -0.4 is 5.32 Å². The van der Waals surface area contributed by atoms with Gasteiger partial charge < -0.3 is 15.0 Å². The van der Waals surface area contributed by atoms with Crippen LogP contribution in [0, 0.1) is 11.7 Å². The third kappa shape index (κ3) is 6.81. The van der Waals surface area contributed by atoms with Crippen LogP contribution in [0.5, 0.6) is 0 Å². The SMILES string of the molecule is CC(C)(C)OC(=O)N1CCC(CC(NC(=O)c2ccc(F)cc2)c2ccccc2)CC1. The number of hydrogen-bond acceptors (Lipinski definition) is 3. The summed E-state index contributed by atoms with van der Waals surface area (Å²) in [5, 5.41) is 3.11. The first-order chi connectivity index (χ1) is 14.7. The summed E-state index contributed by atoms with van der Waals surface area (Å²) in [6, 6.07) is 15.3. The molecule has 2 amide bonds. The van der Waals surface area contributed by atoms with Gasteiger partial charge in [-0.15, -0.1) is 0 Å². The van der Waals surface area contributed by atoms with Crippen molar-refractivity contribution in [2.75, 3.05) is 13.1 Å². The molecule has 31 heavy (non-hydrogen) atoms. The molecule has 0 aromatic heterocycles. The molecule has 0 saturated carbocycles. The largest absolute Gasteiger partial charge is 0.444 e. The van der Waals surface area contributed by atoms with Crippen molar-refractivity contribution in [3.05, 3.63) is 71.5 Å². The zero-order chi connectivity index (χ0) is 22.4. The van der Waals surface area contributed by atoms with E-state index in [-0.39, 0.29) is 23.9 Å². The van der Waals surface area contributed by atoms with Crippen LogP contribution in [0.1, 0.15) is 62.0 Å². The average Bonchev–Trinajstić information content (AvgIpc) is 2.73. The highest BCUT2D eigenvalue weighted by atomic mass is 19.1. The van der Waals surface area contributed by atoms with Crippen molar-refractivity contribution in [2.45, 2.75) is 51.7 Å². The number of nitrogens with one attached hydrogen (secondary N) is 1. The summed E-state index contributed by atoms with van der Waals surface area (Å²) in [4.78, 5) is 26.8. The van der Waals surface area contributed by atoms with E-state index in [1.165, 1.54) is 24.3 Å². The second-order valence-electron chi connectivity index (χ2n) is 9.09. The number of hydrogen-bond donors (Lipinski definition) is 1. The molecule has 1 atom stereocenters. The summed E-state index contributed by atoms with van der Waals surface area (Å²) in [6.07, 6.45) is 2.22. The predicted molar refractivity (Wildman–Crippen MR) is 118 cm³/mol. The zero-order valence-electron chi connectivity index (χ0n) is 18.4. The molecular weight excluding hydrogens is 395 g/mol. The number of carbonyl (C=O) groups is 2. The highest BCUT2D eigenvalue weighted by Gasteiger charge is 2.29. The standard InChI is InChI=1S/C25H31FN2O3/c1-25(2,3)31-24(30)28-15-13-18(14-16-28)17-22(19-7-5-4-6-8-19)27-23(29)20-9-11-21(26)12-10-20/h4-12,18,22H,13-17H2,1-3H3,(H,27,29). The van der Waals surface area contributed by atoms with Crippen LogP contribution in [-0.4, -0.2) is 35.6 Å². The fourth-order valence-electron chi connectivity index (χ4n) is 3.82. The summed E-state index contributed by atoms with van der Waals surface area (Å²) in [7, 11) is 0. The molecule has 0 spiro atoms. The minimum absolute atomic E-state index is 0.156. The van der Waals surface area contributed by atoms with Gasteiger partial charge in [-0.05, 0) is 75.8 Å². The summed E-state index contributed by atoms with van der Waals surface area (Å²) in [5.41, 5.74) is 0.964. The minimum Gasteiger partial charge on any atom is -0.444 e. The Morgan fingerprint density at radius 2 is 1.68 bits per heavy atom. The number of ether oxygens (including phenoxy) is 1. The fraction of sp³-hybridized carbons (Fsp3) is 0.440. The lowest BCUT2D eigenvalue weighted by molar-refractivity contribution is 0.0178.